The third-order valence-electron chi connectivity index (χ3n) is 4.09. The average Bonchev–Trinajstić information content (AvgIpc) is 2.79. The largest absolute Gasteiger partial charge is 0.323 e. The first-order valence-electron chi connectivity index (χ1n) is 9.23. The van der Waals surface area contributed by atoms with Crippen molar-refractivity contribution >= 4 is 41.0 Å². The lowest BCUT2D eigenvalue weighted by Gasteiger charge is -2.09. The van der Waals surface area contributed by atoms with Crippen molar-refractivity contribution in [2.24, 2.45) is 0 Å². The first-order chi connectivity index (χ1) is 15.3. The quantitative estimate of drug-likeness (QED) is 0.208. The summed E-state index contributed by atoms with van der Waals surface area (Å²) in [5, 5.41) is 4.53. The minimum Gasteiger partial charge on any atom is -0.323 e. The molecule has 0 aliphatic rings. The molecule has 0 bridgehead atoms. The summed E-state index contributed by atoms with van der Waals surface area (Å²) in [6, 6.07) is 15.9. The number of carbonyl (C=O) groups excluding carboxylic acids is 2. The monoisotopic (exact) mass is 460 g/mol. The van der Waals surface area contributed by atoms with E-state index < -0.39 is 34.9 Å². The minimum atomic E-state index is -1.68. The molecule has 0 radical (unpaired) electrons. The normalized spacial score (nSPS) is 10.9. The van der Waals surface area contributed by atoms with Crippen molar-refractivity contribution in [1.29, 1.82) is 0 Å². The fourth-order valence-corrected chi connectivity index (χ4v) is 3.26. The van der Waals surface area contributed by atoms with Gasteiger partial charge in [0.15, 0.2) is 23.3 Å². The second-order valence-corrected chi connectivity index (χ2v) is 7.49. The van der Waals surface area contributed by atoms with Crippen molar-refractivity contribution in [2.45, 2.75) is 4.90 Å². The molecule has 0 saturated heterocycles. The van der Waals surface area contributed by atoms with Crippen LogP contribution in [0.25, 0.3) is 6.08 Å². The highest BCUT2D eigenvalue weighted by molar-refractivity contribution is 8.00. The number of hydrogen-bond acceptors (Lipinski definition) is 3. The summed E-state index contributed by atoms with van der Waals surface area (Å²) in [6.07, 6.45) is 3.07. The lowest BCUT2D eigenvalue weighted by atomic mass is 10.2. The number of rotatable bonds is 7. The molecule has 3 aromatic rings. The van der Waals surface area contributed by atoms with Crippen LogP contribution in [0.15, 0.2) is 71.6 Å². The van der Waals surface area contributed by atoms with Crippen LogP contribution in [0, 0.1) is 23.3 Å². The molecule has 0 aliphatic carbocycles. The molecule has 9 heteroatoms. The van der Waals surface area contributed by atoms with E-state index in [1.54, 1.807) is 30.3 Å². The second-order valence-electron chi connectivity index (χ2n) is 6.44. The fourth-order valence-electron chi connectivity index (χ4n) is 2.56. The van der Waals surface area contributed by atoms with E-state index in [1.807, 2.05) is 35.6 Å². The van der Waals surface area contributed by atoms with Gasteiger partial charge in [-0.05, 0) is 35.9 Å². The lowest BCUT2D eigenvalue weighted by molar-refractivity contribution is -0.114. The Morgan fingerprint density at radius 2 is 1.47 bits per heavy atom. The van der Waals surface area contributed by atoms with Crippen molar-refractivity contribution in [3.63, 3.8) is 0 Å². The number of anilines is 2. The van der Waals surface area contributed by atoms with Gasteiger partial charge in [-0.25, -0.2) is 17.6 Å². The second kappa shape index (κ2) is 10.6. The van der Waals surface area contributed by atoms with Crippen LogP contribution in [0.2, 0.25) is 0 Å². The zero-order valence-electron chi connectivity index (χ0n) is 16.4. The number of hydrogen-bond donors (Lipinski definition) is 2. The van der Waals surface area contributed by atoms with Crippen molar-refractivity contribution < 1.29 is 27.2 Å². The van der Waals surface area contributed by atoms with E-state index in [0.717, 1.165) is 17.3 Å². The Balaban J connectivity index is 1.52. The number of nitrogens with one attached hydrogen (secondary N) is 2. The molecule has 3 rings (SSSR count). The molecule has 0 aromatic heterocycles. The van der Waals surface area contributed by atoms with Gasteiger partial charge in [-0.15, -0.1) is 11.8 Å². The molecular formula is C23H16F4N2O2S. The lowest BCUT2D eigenvalue weighted by Crippen LogP contribution is -2.17. The van der Waals surface area contributed by atoms with Crippen molar-refractivity contribution in [3.8, 4) is 0 Å². The van der Waals surface area contributed by atoms with E-state index in [9.17, 15) is 27.2 Å². The number of thioether (sulfide) groups is 1. The van der Waals surface area contributed by atoms with Gasteiger partial charge < -0.3 is 10.6 Å². The van der Waals surface area contributed by atoms with Gasteiger partial charge in [0, 0.05) is 22.7 Å². The number of halogens is 4. The summed E-state index contributed by atoms with van der Waals surface area (Å²) in [5.74, 6) is -8.00. The van der Waals surface area contributed by atoms with Crippen LogP contribution >= 0.6 is 11.8 Å². The zero-order chi connectivity index (χ0) is 23.1. The van der Waals surface area contributed by atoms with Gasteiger partial charge in [0.25, 0.3) is 0 Å². The van der Waals surface area contributed by atoms with E-state index in [1.165, 1.54) is 6.08 Å². The highest BCUT2D eigenvalue weighted by Crippen LogP contribution is 2.25. The molecule has 0 saturated carbocycles. The van der Waals surface area contributed by atoms with Crippen LogP contribution in [-0.2, 0) is 9.59 Å². The number of carbonyl (C=O) groups is 2. The van der Waals surface area contributed by atoms with Gasteiger partial charge in [-0.1, -0.05) is 30.3 Å². The Bertz CT molecular complexity index is 1130. The van der Waals surface area contributed by atoms with Gasteiger partial charge in [-0.3, -0.25) is 9.59 Å². The van der Waals surface area contributed by atoms with Crippen LogP contribution in [0.3, 0.4) is 0 Å². The van der Waals surface area contributed by atoms with Crippen LogP contribution in [0.1, 0.15) is 5.56 Å². The number of benzene rings is 3. The number of amides is 2. The Labute approximate surface area is 185 Å². The molecule has 2 N–H and O–H groups in total. The Morgan fingerprint density at radius 1 is 0.844 bits per heavy atom. The molecule has 0 aliphatic heterocycles. The average molecular weight is 460 g/mol. The van der Waals surface area contributed by atoms with Gasteiger partial charge in [-0.2, -0.15) is 0 Å². The third-order valence-corrected chi connectivity index (χ3v) is 5.11. The molecule has 0 unspecified atom stereocenters. The highest BCUT2D eigenvalue weighted by Gasteiger charge is 2.20. The Kier molecular flexibility index (Phi) is 7.67. The predicted octanol–water partition coefficient (Wildman–Crippen LogP) is 5.63. The molecule has 0 spiro atoms. The van der Waals surface area contributed by atoms with E-state index in [4.69, 9.17) is 0 Å². The maximum Gasteiger partial charge on any atom is 0.248 e. The molecule has 32 heavy (non-hydrogen) atoms. The van der Waals surface area contributed by atoms with E-state index in [-0.39, 0.29) is 17.7 Å². The molecule has 0 atom stereocenters. The van der Waals surface area contributed by atoms with Gasteiger partial charge in [0.2, 0.25) is 11.8 Å². The van der Waals surface area contributed by atoms with E-state index >= 15 is 0 Å². The molecular weight excluding hydrogens is 444 g/mol. The summed E-state index contributed by atoms with van der Waals surface area (Å²) in [4.78, 5) is 24.6. The van der Waals surface area contributed by atoms with Crippen LogP contribution in [0.4, 0.5) is 28.9 Å². The van der Waals surface area contributed by atoms with Gasteiger partial charge in [0.1, 0.15) is 5.69 Å². The molecule has 2 amide bonds. The van der Waals surface area contributed by atoms with Gasteiger partial charge in [0.05, 0.1) is 5.75 Å². The maximum atomic E-state index is 13.6. The SMILES string of the molecule is O=C(/C=C/c1ccccc1)Nc1ccc(SCC(=O)Nc2c(F)c(F)cc(F)c2F)cc1. The summed E-state index contributed by atoms with van der Waals surface area (Å²) >= 11 is 1.03. The smallest absolute Gasteiger partial charge is 0.248 e. The fraction of sp³-hybridized carbons (Fsp3) is 0.0435. The summed E-state index contributed by atoms with van der Waals surface area (Å²) in [7, 11) is 0. The van der Waals surface area contributed by atoms with Crippen molar-refractivity contribution in [1.82, 2.24) is 0 Å². The zero-order valence-corrected chi connectivity index (χ0v) is 17.2. The van der Waals surface area contributed by atoms with E-state index in [2.05, 4.69) is 5.32 Å². The van der Waals surface area contributed by atoms with Gasteiger partial charge >= 0.3 is 0 Å². The van der Waals surface area contributed by atoms with Crippen molar-refractivity contribution in [2.75, 3.05) is 16.4 Å². The van der Waals surface area contributed by atoms with Crippen molar-refractivity contribution in [3.05, 3.63) is 95.6 Å². The molecule has 164 valence electrons. The Morgan fingerprint density at radius 3 is 2.09 bits per heavy atom. The minimum absolute atomic E-state index is 0.0624. The first kappa shape index (κ1) is 23.1. The molecule has 4 nitrogen and oxygen atoms in total. The van der Waals surface area contributed by atoms with Crippen LogP contribution < -0.4 is 10.6 Å². The predicted molar refractivity (Wildman–Crippen MR) is 116 cm³/mol. The molecule has 3 aromatic carbocycles. The Hall–Kier alpha value is -3.59. The van der Waals surface area contributed by atoms with Crippen LogP contribution in [-0.4, -0.2) is 17.6 Å². The highest BCUT2D eigenvalue weighted by atomic mass is 32.2. The molecule has 0 fully saturated rings. The standard InChI is InChI=1S/C23H16F4N2O2S/c24-17-12-18(25)22(27)23(21(17)26)29-20(31)13-32-16-9-7-15(8-10-16)28-19(30)11-6-14-4-2-1-3-5-14/h1-12H,13H2,(H,28,30)(H,29,31)/b11-6+. The molecule has 0 heterocycles. The summed E-state index contributed by atoms with van der Waals surface area (Å²) in [6.45, 7) is 0. The summed E-state index contributed by atoms with van der Waals surface area (Å²) < 4.78 is 53.7. The third kappa shape index (κ3) is 6.21. The maximum absolute atomic E-state index is 13.6. The topological polar surface area (TPSA) is 58.2 Å². The first-order valence-corrected chi connectivity index (χ1v) is 10.2. The summed E-state index contributed by atoms with van der Waals surface area (Å²) in [5.41, 5.74) is 0.240. The van der Waals surface area contributed by atoms with E-state index in [0.29, 0.717) is 10.6 Å². The van der Waals surface area contributed by atoms with Crippen LogP contribution in [0.5, 0.6) is 0 Å².